The third-order valence-electron chi connectivity index (χ3n) is 5.97. The van der Waals surface area contributed by atoms with E-state index in [9.17, 15) is 22.4 Å². The molecule has 0 saturated heterocycles. The Morgan fingerprint density at radius 3 is 2.20 bits per heavy atom. The summed E-state index contributed by atoms with van der Waals surface area (Å²) in [6.45, 7) is 6.02. The molecule has 2 aromatic rings. The smallest absolute Gasteiger partial charge is 0.243 e. The number of hydrogen-bond acceptors (Lipinski definition) is 4. The number of rotatable bonds is 13. The van der Waals surface area contributed by atoms with Crippen LogP contribution in [0.3, 0.4) is 0 Å². The maximum Gasteiger partial charge on any atom is 0.243 e. The number of amides is 2. The zero-order valence-corrected chi connectivity index (χ0v) is 21.7. The summed E-state index contributed by atoms with van der Waals surface area (Å²) in [5.41, 5.74) is 0.707. The molecule has 2 rings (SSSR count). The molecule has 2 aromatic carbocycles. The Labute approximate surface area is 208 Å². The molecule has 0 spiro atoms. The molecule has 0 aliphatic heterocycles. The Morgan fingerprint density at radius 1 is 1.00 bits per heavy atom. The highest BCUT2D eigenvalue weighted by Gasteiger charge is 2.29. The van der Waals surface area contributed by atoms with E-state index in [1.165, 1.54) is 40.5 Å². The van der Waals surface area contributed by atoms with Crippen molar-refractivity contribution in [3.63, 3.8) is 0 Å². The van der Waals surface area contributed by atoms with Crippen molar-refractivity contribution in [1.29, 1.82) is 0 Å². The van der Waals surface area contributed by atoms with E-state index in [1.807, 2.05) is 20.8 Å². The van der Waals surface area contributed by atoms with Crippen LogP contribution in [-0.2, 0) is 26.2 Å². The van der Waals surface area contributed by atoms with Gasteiger partial charge in [0.1, 0.15) is 11.9 Å². The summed E-state index contributed by atoms with van der Waals surface area (Å²) in [4.78, 5) is 27.9. The predicted octanol–water partition coefficient (Wildman–Crippen LogP) is 3.95. The maximum absolute atomic E-state index is 13.4. The highest BCUT2D eigenvalue weighted by molar-refractivity contribution is 7.89. The fraction of sp³-hybridized carbons (Fsp3) is 0.462. The molecule has 35 heavy (non-hydrogen) atoms. The van der Waals surface area contributed by atoms with Crippen LogP contribution in [0.1, 0.15) is 52.0 Å². The summed E-state index contributed by atoms with van der Waals surface area (Å²) in [7, 11) is -2.17. The molecule has 0 aromatic heterocycles. The van der Waals surface area contributed by atoms with Crippen molar-refractivity contribution in [3.8, 4) is 0 Å². The summed E-state index contributed by atoms with van der Waals surface area (Å²) in [6, 6.07) is 13.2. The van der Waals surface area contributed by atoms with Gasteiger partial charge in [0.2, 0.25) is 21.8 Å². The SMILES string of the molecule is CC[C@@H](C)NC(=O)[C@H](CC)N(Cc1ccc(F)cc1)C(=O)CCCN(C)S(=O)(=O)c1ccccc1. The second-order valence-electron chi connectivity index (χ2n) is 8.63. The minimum atomic E-state index is -3.65. The first-order valence-corrected chi connectivity index (χ1v) is 13.4. The topological polar surface area (TPSA) is 86.8 Å². The summed E-state index contributed by atoms with van der Waals surface area (Å²) in [5, 5.41) is 2.94. The van der Waals surface area contributed by atoms with Gasteiger partial charge < -0.3 is 10.2 Å². The predicted molar refractivity (Wildman–Crippen MR) is 134 cm³/mol. The average Bonchev–Trinajstić information content (AvgIpc) is 2.85. The molecule has 0 radical (unpaired) electrons. The van der Waals surface area contributed by atoms with Crippen LogP contribution >= 0.6 is 0 Å². The van der Waals surface area contributed by atoms with Crippen molar-refractivity contribution < 1.29 is 22.4 Å². The number of carbonyl (C=O) groups is 2. The Bertz CT molecular complexity index is 1060. The standard InChI is InChI=1S/C26H36FN3O4S/c1-5-20(3)28-26(32)24(6-2)30(19-21-14-16-22(27)17-15-21)25(31)13-10-18-29(4)35(33,34)23-11-8-7-9-12-23/h7-9,11-12,14-17,20,24H,5-6,10,13,18-19H2,1-4H3,(H,28,32)/t20-,24+/m1/s1. The molecule has 0 heterocycles. The molecular formula is C26H36FN3O4S. The maximum atomic E-state index is 13.4. The Hall–Kier alpha value is -2.78. The fourth-order valence-electron chi connectivity index (χ4n) is 3.64. The van der Waals surface area contributed by atoms with Crippen LogP contribution in [0.2, 0.25) is 0 Å². The van der Waals surface area contributed by atoms with Gasteiger partial charge in [-0.1, -0.05) is 44.2 Å². The van der Waals surface area contributed by atoms with Gasteiger partial charge in [0.05, 0.1) is 4.90 Å². The average molecular weight is 506 g/mol. The van der Waals surface area contributed by atoms with E-state index >= 15 is 0 Å². The van der Waals surface area contributed by atoms with E-state index in [2.05, 4.69) is 5.32 Å². The molecule has 192 valence electrons. The van der Waals surface area contributed by atoms with Gasteiger partial charge in [-0.2, -0.15) is 0 Å². The third kappa shape index (κ3) is 8.14. The minimum Gasteiger partial charge on any atom is -0.352 e. The van der Waals surface area contributed by atoms with Crippen LogP contribution in [0, 0.1) is 5.82 Å². The van der Waals surface area contributed by atoms with Gasteiger partial charge in [0, 0.05) is 32.6 Å². The second kappa shape index (κ2) is 13.3. The van der Waals surface area contributed by atoms with E-state index in [0.717, 1.165) is 6.42 Å². The number of carbonyl (C=O) groups excluding carboxylic acids is 2. The molecule has 0 bridgehead atoms. The number of nitrogens with one attached hydrogen (secondary N) is 1. The molecular weight excluding hydrogens is 469 g/mol. The number of benzene rings is 2. The van der Waals surface area contributed by atoms with Crippen LogP contribution in [-0.4, -0.2) is 55.1 Å². The largest absolute Gasteiger partial charge is 0.352 e. The molecule has 0 fully saturated rings. The summed E-state index contributed by atoms with van der Waals surface area (Å²) in [5.74, 6) is -0.872. The monoisotopic (exact) mass is 505 g/mol. The highest BCUT2D eigenvalue weighted by atomic mass is 32.2. The van der Waals surface area contributed by atoms with E-state index in [-0.39, 0.29) is 48.1 Å². The van der Waals surface area contributed by atoms with Crippen molar-refractivity contribution in [2.24, 2.45) is 0 Å². The van der Waals surface area contributed by atoms with Crippen LogP contribution in [0.4, 0.5) is 4.39 Å². The zero-order chi connectivity index (χ0) is 26.0. The molecule has 0 aliphatic rings. The lowest BCUT2D eigenvalue weighted by Crippen LogP contribution is -2.50. The number of nitrogens with zero attached hydrogens (tertiary/aromatic N) is 2. The van der Waals surface area contributed by atoms with Gasteiger partial charge in [-0.3, -0.25) is 9.59 Å². The molecule has 1 N–H and O–H groups in total. The molecule has 2 amide bonds. The van der Waals surface area contributed by atoms with Crippen LogP contribution in [0.5, 0.6) is 0 Å². The Morgan fingerprint density at radius 2 is 1.63 bits per heavy atom. The van der Waals surface area contributed by atoms with Crippen molar-refractivity contribution >= 4 is 21.8 Å². The lowest BCUT2D eigenvalue weighted by molar-refractivity contribution is -0.141. The Kier molecular flexibility index (Phi) is 10.9. The molecule has 2 atom stereocenters. The van der Waals surface area contributed by atoms with Crippen LogP contribution in [0.15, 0.2) is 59.5 Å². The molecule has 9 heteroatoms. The van der Waals surface area contributed by atoms with E-state index in [1.54, 1.807) is 30.3 Å². The van der Waals surface area contributed by atoms with Gasteiger partial charge in [0.15, 0.2) is 0 Å². The third-order valence-corrected chi connectivity index (χ3v) is 7.84. The van der Waals surface area contributed by atoms with Gasteiger partial charge in [-0.15, -0.1) is 0 Å². The number of hydrogen-bond donors (Lipinski definition) is 1. The van der Waals surface area contributed by atoms with E-state index < -0.39 is 16.1 Å². The zero-order valence-electron chi connectivity index (χ0n) is 20.9. The molecule has 0 saturated carbocycles. The van der Waals surface area contributed by atoms with Crippen molar-refractivity contribution in [3.05, 3.63) is 66.0 Å². The van der Waals surface area contributed by atoms with Gasteiger partial charge >= 0.3 is 0 Å². The molecule has 7 nitrogen and oxygen atoms in total. The normalized spacial score (nSPS) is 13.3. The van der Waals surface area contributed by atoms with E-state index in [0.29, 0.717) is 18.4 Å². The van der Waals surface area contributed by atoms with Gasteiger partial charge in [0.25, 0.3) is 0 Å². The summed E-state index contributed by atoms with van der Waals surface area (Å²) in [6.07, 6.45) is 1.54. The summed E-state index contributed by atoms with van der Waals surface area (Å²) >= 11 is 0. The lowest BCUT2D eigenvalue weighted by Gasteiger charge is -2.31. The summed E-state index contributed by atoms with van der Waals surface area (Å²) < 4.78 is 40.1. The Balaban J connectivity index is 2.13. The second-order valence-corrected chi connectivity index (χ2v) is 10.7. The first-order chi connectivity index (χ1) is 16.6. The van der Waals surface area contributed by atoms with Crippen molar-refractivity contribution in [1.82, 2.24) is 14.5 Å². The molecule has 0 aliphatic carbocycles. The van der Waals surface area contributed by atoms with Crippen molar-refractivity contribution in [2.45, 2.75) is 70.0 Å². The van der Waals surface area contributed by atoms with Gasteiger partial charge in [-0.05, 0) is 56.0 Å². The lowest BCUT2D eigenvalue weighted by atomic mass is 10.1. The molecule has 0 unspecified atom stereocenters. The number of sulfonamides is 1. The minimum absolute atomic E-state index is 0.0313. The fourth-order valence-corrected chi connectivity index (χ4v) is 4.87. The number of halogens is 1. The van der Waals surface area contributed by atoms with Crippen LogP contribution in [0.25, 0.3) is 0 Å². The quantitative estimate of drug-likeness (QED) is 0.447. The van der Waals surface area contributed by atoms with Crippen molar-refractivity contribution in [2.75, 3.05) is 13.6 Å². The first kappa shape index (κ1) is 28.5. The van der Waals surface area contributed by atoms with Crippen LogP contribution < -0.4 is 5.32 Å². The van der Waals surface area contributed by atoms with Gasteiger partial charge in [-0.25, -0.2) is 17.1 Å². The first-order valence-electron chi connectivity index (χ1n) is 12.0. The van der Waals surface area contributed by atoms with E-state index in [4.69, 9.17) is 0 Å². The highest BCUT2D eigenvalue weighted by Crippen LogP contribution is 2.17.